The number of hydrogen-bond donors (Lipinski definition) is 2. The molecule has 0 bridgehead atoms. The summed E-state index contributed by atoms with van der Waals surface area (Å²) >= 11 is 0. The van der Waals surface area contributed by atoms with Crippen LogP contribution in [0.2, 0.25) is 0 Å². The highest BCUT2D eigenvalue weighted by Crippen LogP contribution is 2.33. The van der Waals surface area contributed by atoms with Crippen LogP contribution < -0.4 is 5.32 Å². The molecule has 6 heteroatoms. The van der Waals surface area contributed by atoms with Gasteiger partial charge in [0.25, 0.3) is 0 Å². The molecule has 2 N–H and O–H groups in total. The predicted molar refractivity (Wildman–Crippen MR) is 85.9 cm³/mol. The summed E-state index contributed by atoms with van der Waals surface area (Å²) < 4.78 is 38.6. The van der Waals surface area contributed by atoms with E-state index in [0.29, 0.717) is 24.9 Å². The third kappa shape index (κ3) is 4.72. The van der Waals surface area contributed by atoms with Gasteiger partial charge in [-0.2, -0.15) is 13.2 Å². The first-order chi connectivity index (χ1) is 11.1. The van der Waals surface area contributed by atoms with Gasteiger partial charge in [0.1, 0.15) is 0 Å². The van der Waals surface area contributed by atoms with Crippen molar-refractivity contribution in [1.82, 2.24) is 5.32 Å². The third-order valence-electron chi connectivity index (χ3n) is 4.88. The van der Waals surface area contributed by atoms with Crippen LogP contribution in [0.15, 0.2) is 24.3 Å². The molecule has 1 aliphatic carbocycles. The standard InChI is InChI=1S/C18H24F3NO2/c1-17(2,13-4-3-5-14(10-13)18(19,20)21)11-22-15-8-6-12(7-9-15)16(23)24/h3-5,10,12,15,22H,6-9,11H2,1-2H3,(H,23,24). The van der Waals surface area contributed by atoms with Gasteiger partial charge in [-0.1, -0.05) is 32.0 Å². The molecule has 1 aromatic carbocycles. The molecule has 1 aromatic rings. The molecule has 0 aromatic heterocycles. The fraction of sp³-hybridized carbons (Fsp3) is 0.611. The minimum atomic E-state index is -4.34. The number of nitrogens with one attached hydrogen (secondary N) is 1. The van der Waals surface area contributed by atoms with Gasteiger partial charge in [-0.05, 0) is 37.3 Å². The molecule has 0 saturated heterocycles. The molecule has 2 rings (SSSR count). The fourth-order valence-electron chi connectivity index (χ4n) is 3.16. The second-order valence-corrected chi connectivity index (χ2v) is 7.23. The molecule has 0 spiro atoms. The van der Waals surface area contributed by atoms with Gasteiger partial charge in [0.05, 0.1) is 11.5 Å². The van der Waals surface area contributed by atoms with E-state index in [1.165, 1.54) is 12.1 Å². The summed E-state index contributed by atoms with van der Waals surface area (Å²) in [5, 5.41) is 12.4. The Morgan fingerprint density at radius 2 is 1.75 bits per heavy atom. The molecule has 0 aliphatic heterocycles. The summed E-state index contributed by atoms with van der Waals surface area (Å²) in [6, 6.07) is 5.69. The summed E-state index contributed by atoms with van der Waals surface area (Å²) in [6.45, 7) is 4.38. The molecule has 0 atom stereocenters. The first-order valence-electron chi connectivity index (χ1n) is 8.23. The summed E-state index contributed by atoms with van der Waals surface area (Å²) in [5.74, 6) is -1.00. The highest BCUT2D eigenvalue weighted by Gasteiger charge is 2.32. The highest BCUT2D eigenvalue weighted by molar-refractivity contribution is 5.70. The van der Waals surface area contributed by atoms with Crippen molar-refractivity contribution >= 4 is 5.97 Å². The average molecular weight is 343 g/mol. The first-order valence-corrected chi connectivity index (χ1v) is 8.23. The smallest absolute Gasteiger partial charge is 0.416 e. The van der Waals surface area contributed by atoms with Crippen LogP contribution in [0.3, 0.4) is 0 Å². The minimum absolute atomic E-state index is 0.227. The largest absolute Gasteiger partial charge is 0.481 e. The molecule has 1 saturated carbocycles. The van der Waals surface area contributed by atoms with Gasteiger partial charge < -0.3 is 10.4 Å². The molecule has 0 radical (unpaired) electrons. The fourth-order valence-corrected chi connectivity index (χ4v) is 3.16. The second kappa shape index (κ2) is 7.13. The Kier molecular flexibility index (Phi) is 5.58. The van der Waals surface area contributed by atoms with Crippen LogP contribution in [0.25, 0.3) is 0 Å². The highest BCUT2D eigenvalue weighted by atomic mass is 19.4. The maximum Gasteiger partial charge on any atom is 0.416 e. The van der Waals surface area contributed by atoms with Crippen LogP contribution in [0.5, 0.6) is 0 Å². The van der Waals surface area contributed by atoms with E-state index in [0.717, 1.165) is 18.9 Å². The zero-order valence-electron chi connectivity index (χ0n) is 14.0. The summed E-state index contributed by atoms with van der Waals surface area (Å²) in [5.41, 5.74) is -0.427. The number of alkyl halides is 3. The lowest BCUT2D eigenvalue weighted by atomic mass is 9.82. The van der Waals surface area contributed by atoms with E-state index in [9.17, 15) is 18.0 Å². The number of carboxylic acid groups (broad SMARTS) is 1. The zero-order valence-corrected chi connectivity index (χ0v) is 14.0. The van der Waals surface area contributed by atoms with Gasteiger partial charge in [0.2, 0.25) is 0 Å². The number of benzene rings is 1. The Morgan fingerprint density at radius 1 is 1.17 bits per heavy atom. The summed E-state index contributed by atoms with van der Waals surface area (Å²) in [7, 11) is 0. The quantitative estimate of drug-likeness (QED) is 0.842. The van der Waals surface area contributed by atoms with E-state index < -0.39 is 23.1 Å². The van der Waals surface area contributed by atoms with E-state index >= 15 is 0 Å². The number of aliphatic carboxylic acids is 1. The maximum absolute atomic E-state index is 12.9. The van der Waals surface area contributed by atoms with E-state index in [1.807, 2.05) is 13.8 Å². The maximum atomic E-state index is 12.9. The van der Waals surface area contributed by atoms with Gasteiger partial charge in [0.15, 0.2) is 0 Å². The van der Waals surface area contributed by atoms with Crippen LogP contribution in [-0.2, 0) is 16.4 Å². The Hall–Kier alpha value is -1.56. The SMILES string of the molecule is CC(C)(CNC1CCC(C(=O)O)CC1)c1cccc(C(F)(F)F)c1. The number of rotatable bonds is 5. The predicted octanol–water partition coefficient (Wildman–Crippen LogP) is 4.22. The van der Waals surface area contributed by atoms with Crippen molar-refractivity contribution < 1.29 is 23.1 Å². The van der Waals surface area contributed by atoms with E-state index in [-0.39, 0.29) is 12.0 Å². The topological polar surface area (TPSA) is 49.3 Å². The Morgan fingerprint density at radius 3 is 2.29 bits per heavy atom. The van der Waals surface area contributed by atoms with Crippen molar-refractivity contribution in [2.24, 2.45) is 5.92 Å². The third-order valence-corrected chi connectivity index (χ3v) is 4.88. The van der Waals surface area contributed by atoms with Gasteiger partial charge >= 0.3 is 12.1 Å². The van der Waals surface area contributed by atoms with Crippen molar-refractivity contribution in [3.05, 3.63) is 35.4 Å². The number of hydrogen-bond acceptors (Lipinski definition) is 2. The second-order valence-electron chi connectivity index (χ2n) is 7.23. The molecule has 24 heavy (non-hydrogen) atoms. The first kappa shape index (κ1) is 18.8. The Bertz CT molecular complexity index is 576. The van der Waals surface area contributed by atoms with Crippen molar-refractivity contribution in [1.29, 1.82) is 0 Å². The molecule has 1 fully saturated rings. The lowest BCUT2D eigenvalue weighted by molar-refractivity contribution is -0.143. The molecule has 3 nitrogen and oxygen atoms in total. The minimum Gasteiger partial charge on any atom is -0.481 e. The van der Waals surface area contributed by atoms with E-state index in [1.54, 1.807) is 6.07 Å². The van der Waals surface area contributed by atoms with Crippen LogP contribution in [0.1, 0.15) is 50.7 Å². The zero-order chi connectivity index (χ0) is 18.0. The average Bonchev–Trinajstić information content (AvgIpc) is 2.53. The van der Waals surface area contributed by atoms with Gasteiger partial charge in [0, 0.05) is 18.0 Å². The van der Waals surface area contributed by atoms with Crippen LogP contribution in [-0.4, -0.2) is 23.7 Å². The number of carbonyl (C=O) groups is 1. The van der Waals surface area contributed by atoms with Gasteiger partial charge in [-0.3, -0.25) is 4.79 Å². The van der Waals surface area contributed by atoms with E-state index in [4.69, 9.17) is 5.11 Å². The van der Waals surface area contributed by atoms with Crippen LogP contribution in [0, 0.1) is 5.92 Å². The number of carboxylic acids is 1. The number of halogens is 3. The van der Waals surface area contributed by atoms with Gasteiger partial charge in [-0.15, -0.1) is 0 Å². The molecular formula is C18H24F3NO2. The lowest BCUT2D eigenvalue weighted by Gasteiger charge is -2.32. The summed E-state index contributed by atoms with van der Waals surface area (Å²) in [4.78, 5) is 11.0. The van der Waals surface area contributed by atoms with E-state index in [2.05, 4.69) is 5.32 Å². The van der Waals surface area contributed by atoms with Crippen molar-refractivity contribution in [2.45, 2.75) is 57.2 Å². The van der Waals surface area contributed by atoms with Crippen molar-refractivity contribution in [3.8, 4) is 0 Å². The summed E-state index contributed by atoms with van der Waals surface area (Å²) in [6.07, 6.45) is -1.46. The molecule has 1 aliphatic rings. The lowest BCUT2D eigenvalue weighted by Crippen LogP contribution is -2.41. The van der Waals surface area contributed by atoms with Crippen molar-refractivity contribution in [2.75, 3.05) is 6.54 Å². The Labute approximate surface area is 140 Å². The molecule has 0 unspecified atom stereocenters. The molecule has 0 amide bonds. The van der Waals surface area contributed by atoms with Crippen LogP contribution in [0.4, 0.5) is 13.2 Å². The molecule has 134 valence electrons. The van der Waals surface area contributed by atoms with Crippen molar-refractivity contribution in [3.63, 3.8) is 0 Å². The van der Waals surface area contributed by atoms with Gasteiger partial charge in [-0.25, -0.2) is 0 Å². The molecule has 0 heterocycles. The normalized spacial score (nSPS) is 22.4. The molecular weight excluding hydrogens is 319 g/mol. The monoisotopic (exact) mass is 343 g/mol. The van der Waals surface area contributed by atoms with Crippen LogP contribution >= 0.6 is 0 Å². The Balaban J connectivity index is 1.96.